The molecule has 0 aliphatic heterocycles. The molecule has 0 saturated heterocycles. The molecule has 21 heavy (non-hydrogen) atoms. The van der Waals surface area contributed by atoms with Crippen molar-refractivity contribution in [1.29, 1.82) is 0 Å². The Morgan fingerprint density at radius 3 is 2.62 bits per heavy atom. The van der Waals surface area contributed by atoms with Gasteiger partial charge in [0.2, 0.25) is 5.91 Å². The monoisotopic (exact) mass is 294 g/mol. The van der Waals surface area contributed by atoms with Gasteiger partial charge >= 0.3 is 0 Å². The van der Waals surface area contributed by atoms with Crippen LogP contribution in [0.15, 0.2) is 30.3 Å². The van der Waals surface area contributed by atoms with E-state index in [1.807, 2.05) is 6.07 Å². The maximum atomic E-state index is 11.8. The Hall–Kier alpha value is -1.92. The van der Waals surface area contributed by atoms with Crippen LogP contribution in [0.5, 0.6) is 0 Å². The summed E-state index contributed by atoms with van der Waals surface area (Å²) in [7, 11) is 3.10. The molecule has 0 radical (unpaired) electrons. The second-order valence-electron chi connectivity index (χ2n) is 4.76. The molecule has 116 valence electrons. The zero-order chi connectivity index (χ0) is 15.7. The predicted molar refractivity (Wildman–Crippen MR) is 78.9 cm³/mol. The number of aliphatic hydroxyl groups is 1. The van der Waals surface area contributed by atoms with Crippen molar-refractivity contribution in [3.8, 4) is 0 Å². The molecule has 0 heterocycles. The first-order valence-corrected chi connectivity index (χ1v) is 6.78. The number of methoxy groups -OCH3 is 1. The Bertz CT molecular complexity index is 450. The van der Waals surface area contributed by atoms with Gasteiger partial charge in [-0.2, -0.15) is 0 Å². The van der Waals surface area contributed by atoms with Crippen LogP contribution in [-0.4, -0.2) is 61.8 Å². The molecule has 0 bridgehead atoms. The highest BCUT2D eigenvalue weighted by atomic mass is 16.5. The summed E-state index contributed by atoms with van der Waals surface area (Å²) in [5.74, 6) is -0.344. The summed E-state index contributed by atoms with van der Waals surface area (Å²) in [6.45, 7) is 0.652. The molecule has 0 spiro atoms. The van der Waals surface area contributed by atoms with Gasteiger partial charge in [0, 0.05) is 39.2 Å². The van der Waals surface area contributed by atoms with Crippen molar-refractivity contribution >= 4 is 11.8 Å². The van der Waals surface area contributed by atoms with Crippen LogP contribution >= 0.6 is 0 Å². The van der Waals surface area contributed by atoms with Crippen LogP contribution in [0.3, 0.4) is 0 Å². The van der Waals surface area contributed by atoms with Crippen LogP contribution in [0.25, 0.3) is 0 Å². The average molecular weight is 294 g/mol. The molecule has 1 atom stereocenters. The molecule has 0 aliphatic carbocycles. The molecule has 0 fully saturated rings. The van der Waals surface area contributed by atoms with Gasteiger partial charge in [0.25, 0.3) is 5.91 Å². The number of hydrogen-bond donors (Lipinski definition) is 2. The number of hydrogen-bond acceptors (Lipinski definition) is 4. The number of ether oxygens (including phenoxy) is 1. The first-order valence-electron chi connectivity index (χ1n) is 6.78. The molecule has 1 rings (SSSR count). The van der Waals surface area contributed by atoms with E-state index in [9.17, 15) is 14.7 Å². The van der Waals surface area contributed by atoms with E-state index in [2.05, 4.69) is 5.32 Å². The van der Waals surface area contributed by atoms with Gasteiger partial charge in [-0.05, 0) is 12.1 Å². The third kappa shape index (κ3) is 6.37. The Morgan fingerprint density at radius 2 is 2.00 bits per heavy atom. The molecule has 2 amide bonds. The molecule has 0 aromatic heterocycles. The Morgan fingerprint density at radius 1 is 1.33 bits per heavy atom. The van der Waals surface area contributed by atoms with Crippen LogP contribution in [0.1, 0.15) is 16.8 Å². The number of likely N-dealkylation sites (N-methyl/N-ethyl adjacent to an activating group) is 1. The van der Waals surface area contributed by atoms with Crippen molar-refractivity contribution in [2.24, 2.45) is 0 Å². The molecular weight excluding hydrogens is 272 g/mol. The number of carbonyl (C=O) groups excluding carboxylic acids is 2. The van der Waals surface area contributed by atoms with E-state index in [0.717, 1.165) is 0 Å². The summed E-state index contributed by atoms with van der Waals surface area (Å²) in [5, 5.41) is 12.2. The molecule has 1 aromatic rings. The van der Waals surface area contributed by atoms with Gasteiger partial charge in [0.05, 0.1) is 12.7 Å². The van der Waals surface area contributed by atoms with E-state index in [-0.39, 0.29) is 37.9 Å². The minimum atomic E-state index is -0.706. The fraction of sp³-hybridized carbons (Fsp3) is 0.467. The van der Waals surface area contributed by atoms with Gasteiger partial charge in [-0.25, -0.2) is 0 Å². The third-order valence-electron chi connectivity index (χ3n) is 2.93. The van der Waals surface area contributed by atoms with Gasteiger partial charge < -0.3 is 20.1 Å². The molecule has 6 nitrogen and oxygen atoms in total. The molecule has 0 saturated carbocycles. The highest BCUT2D eigenvalue weighted by Gasteiger charge is 2.13. The molecule has 1 aromatic carbocycles. The summed E-state index contributed by atoms with van der Waals surface area (Å²) < 4.78 is 4.80. The Balaban J connectivity index is 2.28. The molecule has 2 N–H and O–H groups in total. The quantitative estimate of drug-likeness (QED) is 0.721. The van der Waals surface area contributed by atoms with Crippen LogP contribution in [0.4, 0.5) is 0 Å². The molecule has 1 unspecified atom stereocenters. The largest absolute Gasteiger partial charge is 0.389 e. The zero-order valence-corrected chi connectivity index (χ0v) is 12.4. The summed E-state index contributed by atoms with van der Waals surface area (Å²) in [6.07, 6.45) is -0.516. The van der Waals surface area contributed by atoms with E-state index >= 15 is 0 Å². The van der Waals surface area contributed by atoms with Crippen molar-refractivity contribution in [1.82, 2.24) is 10.2 Å². The normalized spacial score (nSPS) is 11.8. The van der Waals surface area contributed by atoms with Gasteiger partial charge in [0.15, 0.2) is 0 Å². The van der Waals surface area contributed by atoms with E-state index in [4.69, 9.17) is 4.74 Å². The Kier molecular flexibility index (Phi) is 7.42. The Labute approximate surface area is 124 Å². The van der Waals surface area contributed by atoms with E-state index in [1.165, 1.54) is 12.0 Å². The summed E-state index contributed by atoms with van der Waals surface area (Å²) >= 11 is 0. The SMILES string of the molecule is COCC(O)CN(C)C(=O)CCNC(=O)c1ccccc1. The third-order valence-corrected chi connectivity index (χ3v) is 2.93. The van der Waals surface area contributed by atoms with Gasteiger partial charge in [-0.1, -0.05) is 18.2 Å². The minimum Gasteiger partial charge on any atom is -0.389 e. The maximum Gasteiger partial charge on any atom is 0.251 e. The second-order valence-corrected chi connectivity index (χ2v) is 4.76. The number of rotatable bonds is 8. The number of nitrogens with zero attached hydrogens (tertiary/aromatic N) is 1. The lowest BCUT2D eigenvalue weighted by Crippen LogP contribution is -2.38. The zero-order valence-electron chi connectivity index (χ0n) is 12.4. The van der Waals surface area contributed by atoms with Crippen LogP contribution in [0, 0.1) is 0 Å². The maximum absolute atomic E-state index is 11.8. The highest BCUT2D eigenvalue weighted by molar-refractivity contribution is 5.94. The number of carbonyl (C=O) groups is 2. The first-order chi connectivity index (χ1) is 10.0. The van der Waals surface area contributed by atoms with Gasteiger partial charge in [0.1, 0.15) is 0 Å². The lowest BCUT2D eigenvalue weighted by molar-refractivity contribution is -0.131. The van der Waals surface area contributed by atoms with Crippen molar-refractivity contribution in [2.45, 2.75) is 12.5 Å². The molecule has 0 aliphatic rings. The first kappa shape index (κ1) is 17.1. The summed E-state index contributed by atoms with van der Waals surface area (Å²) in [6, 6.07) is 8.82. The van der Waals surface area contributed by atoms with E-state index in [0.29, 0.717) is 5.56 Å². The van der Waals surface area contributed by atoms with Gasteiger partial charge in [-0.15, -0.1) is 0 Å². The number of nitrogens with one attached hydrogen (secondary N) is 1. The number of amides is 2. The standard InChI is InChI=1S/C15H22N2O4/c1-17(10-13(18)11-21-2)14(19)8-9-16-15(20)12-6-4-3-5-7-12/h3-7,13,18H,8-11H2,1-2H3,(H,16,20). The average Bonchev–Trinajstić information content (AvgIpc) is 2.48. The topological polar surface area (TPSA) is 78.9 Å². The van der Waals surface area contributed by atoms with Crippen LogP contribution in [-0.2, 0) is 9.53 Å². The predicted octanol–water partition coefficient (Wildman–Crippen LogP) is 0.272. The lowest BCUT2D eigenvalue weighted by atomic mass is 10.2. The highest BCUT2D eigenvalue weighted by Crippen LogP contribution is 1.98. The van der Waals surface area contributed by atoms with E-state index < -0.39 is 6.10 Å². The van der Waals surface area contributed by atoms with Crippen LogP contribution in [0.2, 0.25) is 0 Å². The lowest BCUT2D eigenvalue weighted by Gasteiger charge is -2.20. The van der Waals surface area contributed by atoms with Crippen molar-refractivity contribution in [2.75, 3.05) is 33.9 Å². The second kappa shape index (κ2) is 9.10. The van der Waals surface area contributed by atoms with E-state index in [1.54, 1.807) is 31.3 Å². The molecule has 6 heteroatoms. The van der Waals surface area contributed by atoms with Crippen molar-refractivity contribution < 1.29 is 19.4 Å². The van der Waals surface area contributed by atoms with Gasteiger partial charge in [-0.3, -0.25) is 9.59 Å². The minimum absolute atomic E-state index is 0.140. The fourth-order valence-corrected chi connectivity index (χ4v) is 1.83. The van der Waals surface area contributed by atoms with Crippen LogP contribution < -0.4 is 5.32 Å². The smallest absolute Gasteiger partial charge is 0.251 e. The number of aliphatic hydroxyl groups excluding tert-OH is 1. The fourth-order valence-electron chi connectivity index (χ4n) is 1.83. The molecular formula is C15H22N2O4. The number of benzene rings is 1. The van der Waals surface area contributed by atoms with Crippen molar-refractivity contribution in [3.63, 3.8) is 0 Å². The van der Waals surface area contributed by atoms with Crippen molar-refractivity contribution in [3.05, 3.63) is 35.9 Å². The summed E-state index contributed by atoms with van der Waals surface area (Å²) in [4.78, 5) is 25.0. The summed E-state index contributed by atoms with van der Waals surface area (Å²) in [5.41, 5.74) is 0.564.